The Morgan fingerprint density at radius 1 is 1.45 bits per heavy atom. The first-order valence-corrected chi connectivity index (χ1v) is 7.03. The molecule has 4 nitrogen and oxygen atoms in total. The van der Waals surface area contributed by atoms with Gasteiger partial charge in [0.1, 0.15) is 0 Å². The largest absolute Gasteiger partial charge is 0.465 e. The number of esters is 1. The minimum atomic E-state index is -0.607. The number of aliphatic hydroxyl groups excluding tert-OH is 1. The fraction of sp³-hybridized carbons (Fsp3) is 0.533. The van der Waals surface area contributed by atoms with E-state index >= 15 is 0 Å². The molecule has 0 saturated heterocycles. The van der Waals surface area contributed by atoms with Crippen molar-refractivity contribution in [2.24, 2.45) is 0 Å². The van der Waals surface area contributed by atoms with Crippen LogP contribution in [0.3, 0.4) is 0 Å². The number of carbonyl (C=O) groups is 1. The van der Waals surface area contributed by atoms with Gasteiger partial charge in [-0.25, -0.2) is 4.79 Å². The number of anilines is 1. The smallest absolute Gasteiger partial charge is 0.337 e. The molecule has 1 rings (SSSR count). The number of hydrogen-bond donors (Lipinski definition) is 2. The second-order valence-electron chi connectivity index (χ2n) is 5.69. The maximum Gasteiger partial charge on any atom is 0.337 e. The molecule has 0 bridgehead atoms. The van der Waals surface area contributed by atoms with Gasteiger partial charge in [0.25, 0.3) is 0 Å². The fourth-order valence-corrected chi connectivity index (χ4v) is 1.96. The molecule has 0 heterocycles. The van der Waals surface area contributed by atoms with Crippen LogP contribution in [0.1, 0.15) is 36.7 Å². The molecule has 2 N–H and O–H groups in total. The highest BCUT2D eigenvalue weighted by Crippen LogP contribution is 2.30. The third-order valence-electron chi connectivity index (χ3n) is 2.95. The van der Waals surface area contributed by atoms with Gasteiger partial charge in [0.2, 0.25) is 0 Å². The lowest BCUT2D eigenvalue weighted by atomic mass is 9.84. The van der Waals surface area contributed by atoms with Crippen molar-refractivity contribution in [2.45, 2.75) is 32.3 Å². The Kier molecular flexibility index (Phi) is 5.84. The van der Waals surface area contributed by atoms with E-state index in [1.807, 2.05) is 12.1 Å². The number of methoxy groups -OCH3 is 1. The summed E-state index contributed by atoms with van der Waals surface area (Å²) in [6.45, 7) is 6.55. The van der Waals surface area contributed by atoms with Crippen LogP contribution in [0.2, 0.25) is 0 Å². The van der Waals surface area contributed by atoms with Crippen molar-refractivity contribution in [2.75, 3.05) is 24.9 Å². The van der Waals surface area contributed by atoms with Crippen molar-refractivity contribution in [1.29, 1.82) is 0 Å². The van der Waals surface area contributed by atoms with E-state index in [0.29, 0.717) is 12.1 Å². The maximum atomic E-state index is 11.6. The van der Waals surface area contributed by atoms with Crippen LogP contribution in [0.25, 0.3) is 0 Å². The fourth-order valence-electron chi connectivity index (χ4n) is 1.85. The third-order valence-corrected chi connectivity index (χ3v) is 3.31. The van der Waals surface area contributed by atoms with E-state index in [2.05, 4.69) is 26.1 Å². The molecule has 1 unspecified atom stereocenters. The van der Waals surface area contributed by atoms with Gasteiger partial charge in [0.05, 0.1) is 24.7 Å². The van der Waals surface area contributed by atoms with Crippen molar-refractivity contribution in [3.05, 3.63) is 29.3 Å². The Balaban J connectivity index is 3.08. The van der Waals surface area contributed by atoms with E-state index in [-0.39, 0.29) is 17.3 Å². The first kappa shape index (κ1) is 16.8. The highest BCUT2D eigenvalue weighted by Gasteiger charge is 2.20. The minimum absolute atomic E-state index is 0.141. The number of benzene rings is 1. The predicted octanol–water partition coefficient (Wildman–Crippen LogP) is 2.78. The minimum Gasteiger partial charge on any atom is -0.465 e. The van der Waals surface area contributed by atoms with Gasteiger partial charge in [0, 0.05) is 12.2 Å². The van der Waals surface area contributed by atoms with Crippen LogP contribution in [-0.2, 0) is 10.2 Å². The quantitative estimate of drug-likeness (QED) is 0.648. The van der Waals surface area contributed by atoms with Crippen LogP contribution in [-0.4, -0.2) is 36.7 Å². The summed E-state index contributed by atoms with van der Waals surface area (Å²) in [6, 6.07) is 5.35. The second-order valence-corrected chi connectivity index (χ2v) is 6.00. The van der Waals surface area contributed by atoms with E-state index in [0.717, 1.165) is 11.3 Å². The topological polar surface area (TPSA) is 58.6 Å². The number of hydrogen-bond acceptors (Lipinski definition) is 4. The standard InChI is InChI=1S/C15H22ClNO3/c1-15(2,3)12-7-10(14(19)20-4)5-6-13(12)17-9-11(18)8-16/h5-7,11,17-18H,8-9H2,1-4H3. The highest BCUT2D eigenvalue weighted by atomic mass is 35.5. The SMILES string of the molecule is COC(=O)c1ccc(NCC(O)CCl)c(C(C)(C)C)c1. The second kappa shape index (κ2) is 6.95. The van der Waals surface area contributed by atoms with Crippen LogP contribution < -0.4 is 5.32 Å². The molecule has 1 aromatic carbocycles. The molecule has 0 fully saturated rings. The molecule has 5 heteroatoms. The first-order valence-electron chi connectivity index (χ1n) is 6.50. The van der Waals surface area contributed by atoms with E-state index in [4.69, 9.17) is 16.3 Å². The molecule has 0 aliphatic rings. The van der Waals surface area contributed by atoms with Crippen LogP contribution in [0.15, 0.2) is 18.2 Å². The lowest BCUT2D eigenvalue weighted by molar-refractivity contribution is 0.0600. The molecule has 20 heavy (non-hydrogen) atoms. The summed E-state index contributed by atoms with van der Waals surface area (Å²) in [5, 5.41) is 12.7. The summed E-state index contributed by atoms with van der Waals surface area (Å²) >= 11 is 5.58. The summed E-state index contributed by atoms with van der Waals surface area (Å²) in [7, 11) is 1.36. The monoisotopic (exact) mass is 299 g/mol. The number of alkyl halides is 1. The molecular formula is C15H22ClNO3. The Morgan fingerprint density at radius 3 is 2.60 bits per heavy atom. The van der Waals surface area contributed by atoms with E-state index in [1.54, 1.807) is 6.07 Å². The predicted molar refractivity (Wildman–Crippen MR) is 81.7 cm³/mol. The molecule has 1 atom stereocenters. The average Bonchev–Trinajstić information content (AvgIpc) is 2.42. The van der Waals surface area contributed by atoms with Gasteiger partial charge in [-0.1, -0.05) is 20.8 Å². The molecule has 1 aromatic rings. The van der Waals surface area contributed by atoms with Gasteiger partial charge in [0.15, 0.2) is 0 Å². The number of aliphatic hydroxyl groups is 1. The molecule has 0 amide bonds. The van der Waals surface area contributed by atoms with E-state index in [1.165, 1.54) is 7.11 Å². The molecule has 0 aliphatic heterocycles. The number of halogens is 1. The molecule has 0 aliphatic carbocycles. The molecule has 0 spiro atoms. The van der Waals surface area contributed by atoms with Crippen molar-refractivity contribution in [3.63, 3.8) is 0 Å². The van der Waals surface area contributed by atoms with Gasteiger partial charge in [-0.15, -0.1) is 11.6 Å². The molecular weight excluding hydrogens is 278 g/mol. The Morgan fingerprint density at radius 2 is 2.10 bits per heavy atom. The van der Waals surface area contributed by atoms with Gasteiger partial charge in [-0.2, -0.15) is 0 Å². The summed E-state index contributed by atoms with van der Waals surface area (Å²) in [6.07, 6.45) is -0.607. The Labute approximate surface area is 125 Å². The lowest BCUT2D eigenvalue weighted by Gasteiger charge is -2.24. The van der Waals surface area contributed by atoms with Gasteiger partial charge in [-0.3, -0.25) is 0 Å². The zero-order valence-electron chi connectivity index (χ0n) is 12.4. The average molecular weight is 300 g/mol. The van der Waals surface area contributed by atoms with Crippen molar-refractivity contribution >= 4 is 23.3 Å². The van der Waals surface area contributed by atoms with E-state index < -0.39 is 6.10 Å². The van der Waals surface area contributed by atoms with Crippen LogP contribution in [0.4, 0.5) is 5.69 Å². The number of rotatable bonds is 5. The highest BCUT2D eigenvalue weighted by molar-refractivity contribution is 6.18. The lowest BCUT2D eigenvalue weighted by Crippen LogP contribution is -2.23. The molecule has 0 saturated carbocycles. The van der Waals surface area contributed by atoms with Crippen LogP contribution >= 0.6 is 11.6 Å². The van der Waals surface area contributed by atoms with Crippen LogP contribution in [0, 0.1) is 0 Å². The summed E-state index contributed by atoms with van der Waals surface area (Å²) in [4.78, 5) is 11.6. The zero-order chi connectivity index (χ0) is 15.3. The van der Waals surface area contributed by atoms with Crippen LogP contribution in [0.5, 0.6) is 0 Å². The first-order chi connectivity index (χ1) is 9.29. The molecule has 0 aromatic heterocycles. The van der Waals surface area contributed by atoms with E-state index in [9.17, 15) is 9.90 Å². The van der Waals surface area contributed by atoms with Crippen molar-refractivity contribution in [1.82, 2.24) is 0 Å². The normalized spacial score (nSPS) is 12.9. The third kappa shape index (κ3) is 4.39. The van der Waals surface area contributed by atoms with Gasteiger partial charge >= 0.3 is 5.97 Å². The Hall–Kier alpha value is -1.26. The molecule has 0 radical (unpaired) electrons. The summed E-state index contributed by atoms with van der Waals surface area (Å²) in [5.41, 5.74) is 2.25. The number of carbonyl (C=O) groups excluding carboxylic acids is 1. The zero-order valence-corrected chi connectivity index (χ0v) is 13.1. The summed E-state index contributed by atoms with van der Waals surface area (Å²) < 4.78 is 4.74. The van der Waals surface area contributed by atoms with Gasteiger partial charge in [-0.05, 0) is 29.2 Å². The summed E-state index contributed by atoms with van der Waals surface area (Å²) in [5.74, 6) is -0.180. The number of nitrogens with one attached hydrogen (secondary N) is 1. The van der Waals surface area contributed by atoms with Crippen molar-refractivity contribution in [3.8, 4) is 0 Å². The maximum absolute atomic E-state index is 11.6. The van der Waals surface area contributed by atoms with Gasteiger partial charge < -0.3 is 15.2 Å². The molecule has 112 valence electrons. The van der Waals surface area contributed by atoms with Crippen molar-refractivity contribution < 1.29 is 14.6 Å². The Bertz CT molecular complexity index is 469. The number of ether oxygens (including phenoxy) is 1.